The summed E-state index contributed by atoms with van der Waals surface area (Å²) in [5.74, 6) is 2.54. The first-order chi connectivity index (χ1) is 13.5. The summed E-state index contributed by atoms with van der Waals surface area (Å²) in [4.78, 5) is 2.26. The molecule has 146 valence electrons. The fraction of sp³-hybridized carbons (Fsp3) is 0.409. The summed E-state index contributed by atoms with van der Waals surface area (Å²) in [5, 5.41) is 0. The second-order valence-corrected chi connectivity index (χ2v) is 9.85. The highest BCUT2D eigenvalue weighted by atomic mass is 32.2. The lowest BCUT2D eigenvalue weighted by atomic mass is 9.63. The van der Waals surface area contributed by atoms with E-state index in [1.807, 2.05) is 43.3 Å². The van der Waals surface area contributed by atoms with Crippen molar-refractivity contribution in [3.8, 4) is 11.5 Å². The topological polar surface area (TPSA) is 59.0 Å². The lowest BCUT2D eigenvalue weighted by molar-refractivity contribution is 0.151. The van der Waals surface area contributed by atoms with E-state index in [1.165, 1.54) is 0 Å². The first kappa shape index (κ1) is 17.7. The lowest BCUT2D eigenvalue weighted by Gasteiger charge is -2.55. The van der Waals surface area contributed by atoms with Crippen LogP contribution in [-0.4, -0.2) is 37.5 Å². The Morgan fingerprint density at radius 1 is 1.07 bits per heavy atom. The zero-order chi connectivity index (χ0) is 19.4. The van der Waals surface area contributed by atoms with Crippen LogP contribution < -0.4 is 4.74 Å². The second-order valence-electron chi connectivity index (χ2n) is 8.10. The van der Waals surface area contributed by atoms with Gasteiger partial charge in [0.25, 0.3) is 10.0 Å². The van der Waals surface area contributed by atoms with Crippen LogP contribution in [0.2, 0.25) is 0 Å². The van der Waals surface area contributed by atoms with E-state index in [1.54, 1.807) is 0 Å². The molecule has 2 bridgehead atoms. The van der Waals surface area contributed by atoms with Gasteiger partial charge in [-0.2, -0.15) is 0 Å². The Morgan fingerprint density at radius 3 is 2.50 bits per heavy atom. The minimum Gasteiger partial charge on any atom is -0.457 e. The van der Waals surface area contributed by atoms with Crippen molar-refractivity contribution < 1.29 is 13.2 Å². The molecule has 6 heteroatoms. The molecule has 5 nitrogen and oxygen atoms in total. The van der Waals surface area contributed by atoms with E-state index in [0.717, 1.165) is 54.1 Å². The summed E-state index contributed by atoms with van der Waals surface area (Å²) in [6.45, 7) is 2.60. The molecule has 3 aliphatic heterocycles. The number of fused-ring (bicyclic) bond motifs is 2. The number of sulfonamides is 1. The van der Waals surface area contributed by atoms with Crippen LogP contribution in [0.25, 0.3) is 0 Å². The van der Waals surface area contributed by atoms with Gasteiger partial charge in [-0.25, -0.2) is 8.42 Å². The summed E-state index contributed by atoms with van der Waals surface area (Å²) in [6, 6.07) is 16.5. The largest absolute Gasteiger partial charge is 0.457 e. The molecule has 6 rings (SSSR count). The van der Waals surface area contributed by atoms with Gasteiger partial charge in [-0.3, -0.25) is 0 Å². The van der Waals surface area contributed by atoms with Crippen LogP contribution in [-0.2, 0) is 15.4 Å². The molecular weight excluding hydrogens is 372 g/mol. The summed E-state index contributed by atoms with van der Waals surface area (Å²) < 4.78 is 34.7. The summed E-state index contributed by atoms with van der Waals surface area (Å²) in [5.41, 5.74) is 1.94. The van der Waals surface area contributed by atoms with Crippen LogP contribution in [0.1, 0.15) is 36.8 Å². The number of hydrogen-bond donors (Lipinski definition) is 0. The molecule has 3 fully saturated rings. The van der Waals surface area contributed by atoms with Crippen molar-refractivity contribution in [2.24, 2.45) is 4.40 Å². The van der Waals surface area contributed by atoms with Gasteiger partial charge in [0.2, 0.25) is 0 Å². The number of benzene rings is 2. The predicted molar refractivity (Wildman–Crippen MR) is 110 cm³/mol. The van der Waals surface area contributed by atoms with Crippen molar-refractivity contribution in [1.29, 1.82) is 0 Å². The van der Waals surface area contributed by atoms with Gasteiger partial charge in [0.15, 0.2) is 0 Å². The molecule has 28 heavy (non-hydrogen) atoms. The van der Waals surface area contributed by atoms with Crippen LogP contribution in [0.15, 0.2) is 52.9 Å². The van der Waals surface area contributed by atoms with E-state index in [2.05, 4.69) is 21.4 Å². The van der Waals surface area contributed by atoms with Crippen LogP contribution in [0.3, 0.4) is 0 Å². The van der Waals surface area contributed by atoms with Gasteiger partial charge in [-0.1, -0.05) is 30.3 Å². The first-order valence-electron chi connectivity index (χ1n) is 9.91. The maximum atomic E-state index is 12.2. The van der Waals surface area contributed by atoms with Gasteiger partial charge < -0.3 is 9.64 Å². The van der Waals surface area contributed by atoms with E-state index < -0.39 is 10.0 Å². The minimum atomic E-state index is -3.35. The van der Waals surface area contributed by atoms with Gasteiger partial charge in [-0.05, 0) is 61.9 Å². The summed E-state index contributed by atoms with van der Waals surface area (Å²) in [6.07, 6.45) is 4.11. The Morgan fingerprint density at radius 2 is 1.79 bits per heavy atom. The molecule has 0 aromatic heterocycles. The van der Waals surface area contributed by atoms with Crippen molar-refractivity contribution in [3.63, 3.8) is 0 Å². The van der Waals surface area contributed by atoms with Gasteiger partial charge in [-0.15, -0.1) is 4.40 Å². The fourth-order valence-electron chi connectivity index (χ4n) is 4.96. The Kier molecular flexibility index (Phi) is 4.02. The van der Waals surface area contributed by atoms with Crippen LogP contribution in [0.5, 0.6) is 11.5 Å². The van der Waals surface area contributed by atoms with E-state index in [-0.39, 0.29) is 11.2 Å². The molecule has 3 heterocycles. The molecule has 0 amide bonds. The molecule has 0 radical (unpaired) electrons. The van der Waals surface area contributed by atoms with E-state index in [9.17, 15) is 8.42 Å². The Labute approximate surface area is 166 Å². The van der Waals surface area contributed by atoms with Crippen molar-refractivity contribution in [1.82, 2.24) is 4.90 Å². The monoisotopic (exact) mass is 396 g/mol. The number of piperidine rings is 2. The smallest absolute Gasteiger partial charge is 0.256 e. The van der Waals surface area contributed by atoms with E-state index >= 15 is 0 Å². The van der Waals surface area contributed by atoms with Gasteiger partial charge in [0, 0.05) is 12.6 Å². The normalized spacial score (nSPS) is 27.8. The molecular formula is C22H24N2O3S. The van der Waals surface area contributed by atoms with Crippen molar-refractivity contribution >= 4 is 15.9 Å². The fourth-order valence-corrected chi connectivity index (χ4v) is 6.02. The number of nitrogens with zero attached hydrogens (tertiary/aromatic N) is 2. The number of ether oxygens (including phenoxy) is 1. The van der Waals surface area contributed by atoms with Gasteiger partial charge in [0.05, 0.1) is 11.2 Å². The summed E-state index contributed by atoms with van der Waals surface area (Å²) in [7, 11) is -3.35. The molecule has 2 aromatic rings. The number of amidine groups is 1. The van der Waals surface area contributed by atoms with Crippen LogP contribution in [0.4, 0.5) is 0 Å². The Balaban J connectivity index is 1.49. The predicted octanol–water partition coefficient (Wildman–Crippen LogP) is 4.03. The third kappa shape index (κ3) is 2.82. The maximum Gasteiger partial charge on any atom is 0.256 e. The average Bonchev–Trinajstić information content (AvgIpc) is 2.70. The van der Waals surface area contributed by atoms with Crippen molar-refractivity contribution in [2.45, 2.75) is 44.1 Å². The Bertz CT molecular complexity index is 1040. The number of para-hydroxylation sites is 1. The molecule has 0 spiro atoms. The zero-order valence-electron chi connectivity index (χ0n) is 16.0. The highest BCUT2D eigenvalue weighted by Gasteiger charge is 2.52. The molecule has 1 saturated carbocycles. The highest BCUT2D eigenvalue weighted by molar-refractivity contribution is 7.90. The number of rotatable bonds is 3. The third-order valence-electron chi connectivity index (χ3n) is 6.49. The van der Waals surface area contributed by atoms with Gasteiger partial charge >= 0.3 is 0 Å². The van der Waals surface area contributed by atoms with Crippen molar-refractivity contribution in [3.05, 3.63) is 59.7 Å². The second kappa shape index (κ2) is 6.34. The Hall–Kier alpha value is -2.34. The SMILES string of the molecule is Cc1ccccc1Oc1ccc(C23CCC(CC2)N2CCS(=O)(=O)N=C23)cc1. The maximum absolute atomic E-state index is 12.2. The molecule has 4 aliphatic rings. The summed E-state index contributed by atoms with van der Waals surface area (Å²) >= 11 is 0. The quantitative estimate of drug-likeness (QED) is 0.786. The lowest BCUT2D eigenvalue weighted by Crippen LogP contribution is -2.62. The number of hydrogen-bond acceptors (Lipinski definition) is 4. The van der Waals surface area contributed by atoms with Gasteiger partial charge in [0.1, 0.15) is 17.3 Å². The standard InChI is InChI=1S/C22H24N2O3S/c1-16-4-2-3-5-20(16)27-19-8-6-17(7-9-19)22-12-10-18(11-13-22)24-14-15-28(25,26)23-21(22)24/h2-9,18H,10-15H2,1H3. The molecule has 2 aromatic carbocycles. The molecule has 1 aliphatic carbocycles. The average molecular weight is 397 g/mol. The highest BCUT2D eigenvalue weighted by Crippen LogP contribution is 2.49. The molecule has 2 saturated heterocycles. The van der Waals surface area contributed by atoms with E-state index in [4.69, 9.17) is 4.74 Å². The number of aryl methyl sites for hydroxylation is 1. The van der Waals surface area contributed by atoms with Crippen molar-refractivity contribution in [2.75, 3.05) is 12.3 Å². The van der Waals surface area contributed by atoms with Crippen LogP contribution >= 0.6 is 0 Å². The molecule has 0 atom stereocenters. The molecule has 0 unspecified atom stereocenters. The minimum absolute atomic E-state index is 0.131. The zero-order valence-corrected chi connectivity index (χ0v) is 16.8. The first-order valence-corrected chi connectivity index (χ1v) is 11.5. The van der Waals surface area contributed by atoms with E-state index in [0.29, 0.717) is 12.6 Å². The molecule has 0 N–H and O–H groups in total. The third-order valence-corrected chi connectivity index (χ3v) is 7.64. The van der Waals surface area contributed by atoms with Crippen LogP contribution in [0, 0.1) is 6.92 Å².